The first-order valence-corrected chi connectivity index (χ1v) is 1.56. The largest absolute Gasteiger partial charge is 0.198 e. The molecule has 29 valence electrons. The minimum atomic E-state index is 0.455. The van der Waals surface area contributed by atoms with Gasteiger partial charge in [0.15, 0.2) is 0 Å². The zero-order valence-electron chi connectivity index (χ0n) is 3.31. The molecule has 1 nitrogen and oxygen atoms in total. The van der Waals surface area contributed by atoms with Crippen molar-refractivity contribution in [3.8, 4) is 18.4 Å². The summed E-state index contributed by atoms with van der Waals surface area (Å²) >= 11 is 0. The number of unbranched alkanes of at least 4 members (excludes halogenated alkanes) is 1. The molecule has 0 aliphatic carbocycles. The summed E-state index contributed by atoms with van der Waals surface area (Å²) in [7, 11) is 0. The van der Waals surface area contributed by atoms with Gasteiger partial charge in [-0.1, -0.05) is 0 Å². The Kier molecular flexibility index (Phi) is 3.41. The molecule has 0 N–H and O–H groups in total. The molecular formula is C5H4N. The highest BCUT2D eigenvalue weighted by molar-refractivity contribution is 5.01. The molecule has 6 heavy (non-hydrogen) atoms. The summed E-state index contributed by atoms with van der Waals surface area (Å²) < 4.78 is 0. The van der Waals surface area contributed by atoms with Gasteiger partial charge in [-0.3, -0.25) is 0 Å². The lowest BCUT2D eigenvalue weighted by molar-refractivity contribution is 1.33. The molecule has 0 spiro atoms. The maximum atomic E-state index is 7.80. The van der Waals surface area contributed by atoms with Crippen molar-refractivity contribution < 1.29 is 0 Å². The minimum Gasteiger partial charge on any atom is -0.198 e. The molecule has 1 radical (unpaired) electrons. The Labute approximate surface area is 37.6 Å². The van der Waals surface area contributed by atoms with Crippen molar-refractivity contribution in [1.29, 1.82) is 5.26 Å². The number of nitriles is 1. The van der Waals surface area contributed by atoms with Crippen LogP contribution < -0.4 is 0 Å². The van der Waals surface area contributed by atoms with Gasteiger partial charge < -0.3 is 0 Å². The fraction of sp³-hybridized carbons (Fsp3) is 0.200. The molecule has 0 aromatic heterocycles. The lowest BCUT2D eigenvalue weighted by atomic mass is 10.4. The van der Waals surface area contributed by atoms with E-state index >= 15 is 0 Å². The van der Waals surface area contributed by atoms with Crippen molar-refractivity contribution in [2.75, 3.05) is 0 Å². The molecular weight excluding hydrogens is 74.1 g/mol. The van der Waals surface area contributed by atoms with Gasteiger partial charge in [0.1, 0.15) is 0 Å². The van der Waals surface area contributed by atoms with Crippen LogP contribution in [0.15, 0.2) is 0 Å². The van der Waals surface area contributed by atoms with E-state index in [1.165, 1.54) is 6.42 Å². The predicted octanol–water partition coefficient (Wildman–Crippen LogP) is 0.738. The van der Waals surface area contributed by atoms with Crippen LogP contribution in [0.4, 0.5) is 0 Å². The Morgan fingerprint density at radius 2 is 2.50 bits per heavy atom. The number of rotatable bonds is 1. The number of hydrogen-bond donors (Lipinski definition) is 0. The average Bonchev–Trinajstić information content (AvgIpc) is 1.61. The summed E-state index contributed by atoms with van der Waals surface area (Å²) in [6.07, 6.45) is 6.61. The second kappa shape index (κ2) is 4.05. The number of hydrogen-bond acceptors (Lipinski definition) is 1. The van der Waals surface area contributed by atoms with E-state index in [1.54, 1.807) is 6.07 Å². The maximum absolute atomic E-state index is 7.80. The topological polar surface area (TPSA) is 23.8 Å². The molecule has 0 aromatic rings. The summed E-state index contributed by atoms with van der Waals surface area (Å²) in [6.45, 7) is 0. The molecule has 0 heterocycles. The molecule has 0 saturated heterocycles. The van der Waals surface area contributed by atoms with Crippen LogP contribution in [0.2, 0.25) is 0 Å². The number of nitrogens with zero attached hydrogens (tertiary/aromatic N) is 1. The van der Waals surface area contributed by atoms with E-state index in [1.807, 2.05) is 0 Å². The van der Waals surface area contributed by atoms with E-state index in [9.17, 15) is 0 Å². The van der Waals surface area contributed by atoms with Crippen LogP contribution in [-0.4, -0.2) is 0 Å². The van der Waals surface area contributed by atoms with Gasteiger partial charge in [0.25, 0.3) is 0 Å². The van der Waals surface area contributed by atoms with Crippen molar-refractivity contribution in [2.45, 2.75) is 6.42 Å². The molecule has 0 aliphatic rings. The third-order valence-corrected chi connectivity index (χ3v) is 0.311. The molecule has 0 saturated carbocycles. The molecule has 0 fully saturated rings. The van der Waals surface area contributed by atoms with E-state index in [-0.39, 0.29) is 0 Å². The summed E-state index contributed by atoms with van der Waals surface area (Å²) in [5.41, 5.74) is 0. The maximum Gasteiger partial charge on any atom is 0.0739 e. The van der Waals surface area contributed by atoms with Crippen molar-refractivity contribution in [3.05, 3.63) is 6.42 Å². The smallest absolute Gasteiger partial charge is 0.0739 e. The molecule has 0 aromatic carbocycles. The van der Waals surface area contributed by atoms with Crippen molar-refractivity contribution >= 4 is 0 Å². The fourth-order valence-electron chi connectivity index (χ4n) is 0.105. The van der Waals surface area contributed by atoms with Gasteiger partial charge in [0.05, 0.1) is 12.5 Å². The Morgan fingerprint density at radius 1 is 1.83 bits per heavy atom. The SMILES string of the molecule is C#CC[CH]C#N. The Balaban J connectivity index is 2.78. The Hall–Kier alpha value is -0.950. The van der Waals surface area contributed by atoms with E-state index in [0.29, 0.717) is 6.42 Å². The van der Waals surface area contributed by atoms with Crippen molar-refractivity contribution in [3.63, 3.8) is 0 Å². The summed E-state index contributed by atoms with van der Waals surface area (Å²) in [4.78, 5) is 0. The van der Waals surface area contributed by atoms with E-state index in [2.05, 4.69) is 5.92 Å². The molecule has 1 heteroatoms. The van der Waals surface area contributed by atoms with Crippen LogP contribution in [0.1, 0.15) is 6.42 Å². The van der Waals surface area contributed by atoms with Crippen LogP contribution in [0, 0.1) is 30.1 Å². The Morgan fingerprint density at radius 3 is 2.67 bits per heavy atom. The van der Waals surface area contributed by atoms with E-state index in [0.717, 1.165) is 0 Å². The van der Waals surface area contributed by atoms with Gasteiger partial charge in [-0.05, 0) is 0 Å². The second-order valence-electron chi connectivity index (χ2n) is 0.741. The fourth-order valence-corrected chi connectivity index (χ4v) is 0.105. The first-order valence-electron chi connectivity index (χ1n) is 1.56. The van der Waals surface area contributed by atoms with Gasteiger partial charge in [-0.25, -0.2) is 0 Å². The molecule has 0 amide bonds. The van der Waals surface area contributed by atoms with Crippen LogP contribution >= 0.6 is 0 Å². The lowest BCUT2D eigenvalue weighted by Gasteiger charge is -1.66. The highest BCUT2D eigenvalue weighted by Crippen LogP contribution is 1.76. The minimum absolute atomic E-state index is 0.455. The zero-order chi connectivity index (χ0) is 4.83. The first kappa shape index (κ1) is 5.05. The summed E-state index contributed by atoms with van der Waals surface area (Å²) in [5, 5.41) is 7.80. The standard InChI is InChI=1S/C5H4N/c1-2-3-4-5-6/h1,4H,3H2. The Bertz CT molecular complexity index is 77.5. The van der Waals surface area contributed by atoms with Crippen molar-refractivity contribution in [1.82, 2.24) is 0 Å². The average molecular weight is 78.1 g/mol. The first-order chi connectivity index (χ1) is 2.91. The van der Waals surface area contributed by atoms with Crippen molar-refractivity contribution in [2.24, 2.45) is 0 Å². The van der Waals surface area contributed by atoms with Gasteiger partial charge in [-0.15, -0.1) is 12.3 Å². The van der Waals surface area contributed by atoms with Gasteiger partial charge in [-0.2, -0.15) is 5.26 Å². The van der Waals surface area contributed by atoms with Crippen LogP contribution in [0.25, 0.3) is 0 Å². The van der Waals surface area contributed by atoms with E-state index < -0.39 is 0 Å². The van der Waals surface area contributed by atoms with Crippen LogP contribution in [-0.2, 0) is 0 Å². The van der Waals surface area contributed by atoms with Gasteiger partial charge in [0.2, 0.25) is 0 Å². The summed E-state index contributed by atoms with van der Waals surface area (Å²) in [6, 6.07) is 1.80. The second-order valence-corrected chi connectivity index (χ2v) is 0.741. The highest BCUT2D eigenvalue weighted by Gasteiger charge is 1.70. The quantitative estimate of drug-likeness (QED) is 0.335. The van der Waals surface area contributed by atoms with Crippen LogP contribution in [0.3, 0.4) is 0 Å². The lowest BCUT2D eigenvalue weighted by Crippen LogP contribution is -1.60. The zero-order valence-corrected chi connectivity index (χ0v) is 3.31. The molecule has 0 unspecified atom stereocenters. The van der Waals surface area contributed by atoms with Gasteiger partial charge >= 0.3 is 0 Å². The molecule has 0 bridgehead atoms. The third kappa shape index (κ3) is 3.05. The van der Waals surface area contributed by atoms with E-state index in [4.69, 9.17) is 11.7 Å². The monoisotopic (exact) mass is 78.0 g/mol. The molecule has 0 atom stereocenters. The number of terminal acetylenes is 1. The normalized spacial score (nSPS) is 5.67. The predicted molar refractivity (Wildman–Crippen MR) is 23.4 cm³/mol. The van der Waals surface area contributed by atoms with Crippen LogP contribution in [0.5, 0.6) is 0 Å². The van der Waals surface area contributed by atoms with Gasteiger partial charge in [0, 0.05) is 6.42 Å². The summed E-state index contributed by atoms with van der Waals surface area (Å²) in [5.74, 6) is 2.29. The third-order valence-electron chi connectivity index (χ3n) is 0.311. The highest BCUT2D eigenvalue weighted by atomic mass is 14.2. The molecule has 0 aliphatic heterocycles. The molecule has 0 rings (SSSR count).